The number of hydrogen-bond donors (Lipinski definition) is 2. The highest BCUT2D eigenvalue weighted by Gasteiger charge is 2.19. The molecule has 0 aliphatic rings. The molecule has 2 N–H and O–H groups in total. The summed E-state index contributed by atoms with van der Waals surface area (Å²) < 4.78 is 11.3. The molecule has 7 nitrogen and oxygen atoms in total. The lowest BCUT2D eigenvalue weighted by molar-refractivity contribution is 0.102. The van der Waals surface area contributed by atoms with Crippen LogP contribution < -0.4 is 20.1 Å². The summed E-state index contributed by atoms with van der Waals surface area (Å²) in [5.74, 6) is 1.43. The highest BCUT2D eigenvalue weighted by molar-refractivity contribution is 7.17. The lowest BCUT2D eigenvalue weighted by Crippen LogP contribution is -2.13. The molecule has 5 rings (SSSR count). The molecule has 37 heavy (non-hydrogen) atoms. The van der Waals surface area contributed by atoms with Crippen molar-refractivity contribution in [1.29, 1.82) is 0 Å². The van der Waals surface area contributed by atoms with Crippen LogP contribution in [0.3, 0.4) is 0 Å². The van der Waals surface area contributed by atoms with Crippen LogP contribution in [0.4, 0.5) is 17.2 Å². The first kappa shape index (κ1) is 24.3. The second kappa shape index (κ2) is 10.3. The van der Waals surface area contributed by atoms with Gasteiger partial charge in [0.05, 0.1) is 31.0 Å². The Balaban J connectivity index is 1.54. The summed E-state index contributed by atoms with van der Waals surface area (Å²) in [5.41, 5.74) is 6.30. The smallest absolute Gasteiger partial charge is 0.255 e. The first-order chi connectivity index (χ1) is 18.0. The maximum atomic E-state index is 12.8. The van der Waals surface area contributed by atoms with Crippen LogP contribution >= 0.6 is 11.3 Å². The number of nitrogens with one attached hydrogen (secondary N) is 2. The van der Waals surface area contributed by atoms with Crippen LogP contribution in [0.1, 0.15) is 21.5 Å². The summed E-state index contributed by atoms with van der Waals surface area (Å²) in [6.07, 6.45) is 1.55. The third kappa shape index (κ3) is 4.83. The third-order valence-electron chi connectivity index (χ3n) is 6.10. The number of anilines is 3. The molecule has 0 saturated carbocycles. The number of aromatic nitrogens is 2. The minimum absolute atomic E-state index is 0.240. The molecule has 8 heteroatoms. The van der Waals surface area contributed by atoms with E-state index in [2.05, 4.69) is 58.0 Å². The predicted octanol–water partition coefficient (Wildman–Crippen LogP) is 6.99. The second-order valence-electron chi connectivity index (χ2n) is 8.57. The van der Waals surface area contributed by atoms with Gasteiger partial charge in [-0.05, 0) is 37.1 Å². The van der Waals surface area contributed by atoms with Crippen LogP contribution in [0, 0.1) is 13.8 Å². The van der Waals surface area contributed by atoms with Crippen molar-refractivity contribution in [3.8, 4) is 22.6 Å². The maximum Gasteiger partial charge on any atom is 0.255 e. The minimum Gasteiger partial charge on any atom is -0.494 e. The summed E-state index contributed by atoms with van der Waals surface area (Å²) in [5, 5.41) is 9.38. The highest BCUT2D eigenvalue weighted by Crippen LogP contribution is 2.42. The Kier molecular flexibility index (Phi) is 6.74. The van der Waals surface area contributed by atoms with Crippen molar-refractivity contribution in [3.63, 3.8) is 0 Å². The molecular formula is C29H26N4O3S. The Morgan fingerprint density at radius 2 is 1.59 bits per heavy atom. The average molecular weight is 511 g/mol. The number of fused-ring (bicyclic) bond motifs is 1. The number of rotatable bonds is 7. The van der Waals surface area contributed by atoms with Gasteiger partial charge in [0, 0.05) is 28.6 Å². The van der Waals surface area contributed by atoms with Crippen LogP contribution in [-0.4, -0.2) is 30.1 Å². The molecule has 186 valence electrons. The molecule has 2 heterocycles. The van der Waals surface area contributed by atoms with E-state index in [0.29, 0.717) is 34.3 Å². The van der Waals surface area contributed by atoms with Crippen molar-refractivity contribution in [3.05, 3.63) is 89.1 Å². The number of amides is 1. The maximum absolute atomic E-state index is 12.8. The van der Waals surface area contributed by atoms with Gasteiger partial charge < -0.3 is 20.1 Å². The fraction of sp³-hybridized carbons (Fsp3) is 0.138. The molecule has 0 unspecified atom stereocenters. The van der Waals surface area contributed by atoms with E-state index in [1.54, 1.807) is 56.1 Å². The topological polar surface area (TPSA) is 85.4 Å². The van der Waals surface area contributed by atoms with Gasteiger partial charge in [0.2, 0.25) is 0 Å². The van der Waals surface area contributed by atoms with E-state index in [1.165, 1.54) is 11.1 Å². The van der Waals surface area contributed by atoms with Crippen molar-refractivity contribution in [2.24, 2.45) is 0 Å². The van der Waals surface area contributed by atoms with Gasteiger partial charge in [0.1, 0.15) is 28.5 Å². The van der Waals surface area contributed by atoms with Gasteiger partial charge >= 0.3 is 0 Å². The SMILES string of the molecule is COc1cc(Nc2ncnc3scc(-c4ccc(C)cc4C)c23)c(OC)cc1NC(=O)c1ccccc1. The van der Waals surface area contributed by atoms with Gasteiger partial charge in [-0.25, -0.2) is 9.97 Å². The minimum atomic E-state index is -0.240. The Labute approximate surface area is 219 Å². The van der Waals surface area contributed by atoms with Crippen molar-refractivity contribution >= 4 is 44.7 Å². The summed E-state index contributed by atoms with van der Waals surface area (Å²) in [7, 11) is 3.14. The molecule has 0 atom stereocenters. The number of ether oxygens (including phenoxy) is 2. The summed E-state index contributed by atoms with van der Waals surface area (Å²) in [4.78, 5) is 22.7. The standard InChI is InChI=1S/C29H26N4O3S/c1-17-10-11-20(18(2)12-17)21-15-37-29-26(21)27(30-16-31-29)32-22-13-25(36-4)23(14-24(22)35-3)33-28(34)19-8-6-5-7-9-19/h5-16H,1-4H3,(H,33,34)(H,30,31,32). The zero-order valence-electron chi connectivity index (χ0n) is 21.0. The zero-order valence-corrected chi connectivity index (χ0v) is 21.8. The molecule has 0 spiro atoms. The number of hydrogen-bond acceptors (Lipinski definition) is 7. The van der Waals surface area contributed by atoms with Crippen molar-refractivity contribution in [2.45, 2.75) is 13.8 Å². The Hall–Kier alpha value is -4.43. The van der Waals surface area contributed by atoms with E-state index >= 15 is 0 Å². The summed E-state index contributed by atoms with van der Waals surface area (Å²) in [6, 6.07) is 19.0. The summed E-state index contributed by atoms with van der Waals surface area (Å²) in [6.45, 7) is 4.20. The highest BCUT2D eigenvalue weighted by atomic mass is 32.1. The molecule has 0 fully saturated rings. The number of carbonyl (C=O) groups excluding carboxylic acids is 1. The van der Waals surface area contributed by atoms with Crippen LogP contribution in [0.25, 0.3) is 21.3 Å². The second-order valence-corrected chi connectivity index (χ2v) is 9.43. The Morgan fingerprint density at radius 3 is 2.32 bits per heavy atom. The molecule has 3 aromatic carbocycles. The molecule has 1 amide bonds. The van der Waals surface area contributed by atoms with E-state index in [-0.39, 0.29) is 5.91 Å². The van der Waals surface area contributed by atoms with Gasteiger partial charge in [0.15, 0.2) is 0 Å². The quantitative estimate of drug-likeness (QED) is 0.245. The van der Waals surface area contributed by atoms with Crippen molar-refractivity contribution < 1.29 is 14.3 Å². The molecular weight excluding hydrogens is 484 g/mol. The van der Waals surface area contributed by atoms with E-state index in [4.69, 9.17) is 9.47 Å². The molecule has 0 saturated heterocycles. The Morgan fingerprint density at radius 1 is 0.865 bits per heavy atom. The van der Waals surface area contributed by atoms with E-state index in [1.807, 2.05) is 18.2 Å². The number of nitrogens with zero attached hydrogens (tertiary/aromatic N) is 2. The number of carbonyl (C=O) groups is 1. The van der Waals surface area contributed by atoms with Crippen LogP contribution in [-0.2, 0) is 0 Å². The fourth-order valence-electron chi connectivity index (χ4n) is 4.29. The third-order valence-corrected chi connectivity index (χ3v) is 6.99. The van der Waals surface area contributed by atoms with Gasteiger partial charge in [-0.2, -0.15) is 0 Å². The van der Waals surface area contributed by atoms with Crippen molar-refractivity contribution in [2.75, 3.05) is 24.9 Å². The molecule has 0 aliphatic heterocycles. The fourth-order valence-corrected chi connectivity index (χ4v) is 5.20. The van der Waals surface area contributed by atoms with E-state index in [9.17, 15) is 4.79 Å². The number of benzene rings is 3. The van der Waals surface area contributed by atoms with E-state index < -0.39 is 0 Å². The van der Waals surface area contributed by atoms with Gasteiger partial charge in [-0.15, -0.1) is 11.3 Å². The molecule has 0 radical (unpaired) electrons. The molecule has 5 aromatic rings. The average Bonchev–Trinajstić information content (AvgIpc) is 3.34. The lowest BCUT2D eigenvalue weighted by Gasteiger charge is -2.17. The molecule has 0 bridgehead atoms. The Bertz CT molecular complexity index is 1600. The van der Waals surface area contributed by atoms with Gasteiger partial charge in [-0.3, -0.25) is 4.79 Å². The van der Waals surface area contributed by atoms with Gasteiger partial charge in [-0.1, -0.05) is 42.0 Å². The normalized spacial score (nSPS) is 10.8. The largest absolute Gasteiger partial charge is 0.494 e. The van der Waals surface area contributed by atoms with Gasteiger partial charge in [0.25, 0.3) is 5.91 Å². The predicted molar refractivity (Wildman–Crippen MR) is 150 cm³/mol. The number of thiophene rings is 1. The monoisotopic (exact) mass is 510 g/mol. The number of methoxy groups -OCH3 is 2. The van der Waals surface area contributed by atoms with E-state index in [0.717, 1.165) is 21.3 Å². The first-order valence-corrected chi connectivity index (χ1v) is 12.6. The lowest BCUT2D eigenvalue weighted by atomic mass is 9.99. The molecule has 0 aliphatic carbocycles. The zero-order chi connectivity index (χ0) is 25.9. The molecule has 2 aromatic heterocycles. The van der Waals surface area contributed by atoms with Crippen molar-refractivity contribution in [1.82, 2.24) is 9.97 Å². The first-order valence-electron chi connectivity index (χ1n) is 11.7. The van der Waals surface area contributed by atoms with Crippen LogP contribution in [0.5, 0.6) is 11.5 Å². The van der Waals surface area contributed by atoms with Crippen LogP contribution in [0.2, 0.25) is 0 Å². The number of aryl methyl sites for hydroxylation is 2. The van der Waals surface area contributed by atoms with Crippen LogP contribution in [0.15, 0.2) is 72.4 Å². The summed E-state index contributed by atoms with van der Waals surface area (Å²) >= 11 is 1.58.